The fraction of sp³-hybridized carbons (Fsp3) is 0.455. The number of ether oxygens (including phenoxy) is 1. The Morgan fingerprint density at radius 2 is 1.94 bits per heavy atom. The van der Waals surface area contributed by atoms with Gasteiger partial charge in [0.1, 0.15) is 6.61 Å². The van der Waals surface area contributed by atoms with E-state index in [1.165, 1.54) is 18.2 Å². The maximum absolute atomic E-state index is 12.3. The Hall–Kier alpha value is -1.50. The van der Waals surface area contributed by atoms with E-state index in [4.69, 9.17) is 5.73 Å². The highest BCUT2D eigenvalue weighted by atomic mass is 19.3. The summed E-state index contributed by atoms with van der Waals surface area (Å²) in [6, 6.07) is 3.85. The first-order valence-electron chi connectivity index (χ1n) is 5.28. The molecule has 0 heterocycles. The average molecular weight is 266 g/mol. The summed E-state index contributed by atoms with van der Waals surface area (Å²) < 4.78 is 52.8. The van der Waals surface area contributed by atoms with Crippen molar-refractivity contribution in [1.29, 1.82) is 0 Å². The number of nitrogen functional groups attached to an aromatic ring is 1. The number of halogens is 4. The number of rotatable bonds is 7. The molecule has 7 heteroatoms. The van der Waals surface area contributed by atoms with Crippen molar-refractivity contribution in [3.8, 4) is 0 Å². The molecule has 1 rings (SSSR count). The van der Waals surface area contributed by atoms with Gasteiger partial charge in [-0.05, 0) is 12.1 Å². The zero-order chi connectivity index (χ0) is 13.5. The van der Waals surface area contributed by atoms with Crippen LogP contribution in [0.1, 0.15) is 12.0 Å². The summed E-state index contributed by atoms with van der Waals surface area (Å²) in [6.07, 6.45) is -5.07. The molecular formula is C11H14F4N2O. The van der Waals surface area contributed by atoms with Gasteiger partial charge < -0.3 is 15.8 Å². The first kappa shape index (κ1) is 14.6. The predicted octanol–water partition coefficient (Wildman–Crippen LogP) is 2.90. The second kappa shape index (κ2) is 7.05. The molecule has 3 N–H and O–H groups in total. The van der Waals surface area contributed by atoms with Crippen molar-refractivity contribution in [3.63, 3.8) is 0 Å². The number of benzene rings is 1. The van der Waals surface area contributed by atoms with Crippen LogP contribution in [-0.2, 0) is 4.74 Å². The zero-order valence-corrected chi connectivity index (χ0v) is 9.51. The van der Waals surface area contributed by atoms with E-state index in [0.29, 0.717) is 5.69 Å². The minimum absolute atomic E-state index is 0.0837. The highest BCUT2D eigenvalue weighted by Gasteiger charge is 2.09. The molecule has 0 atom stereocenters. The molecule has 0 saturated carbocycles. The van der Waals surface area contributed by atoms with Gasteiger partial charge in [0.15, 0.2) is 0 Å². The second-order valence-corrected chi connectivity index (χ2v) is 3.54. The molecule has 18 heavy (non-hydrogen) atoms. The van der Waals surface area contributed by atoms with Crippen LogP contribution in [0, 0.1) is 0 Å². The molecule has 0 aromatic heterocycles. The van der Waals surface area contributed by atoms with Crippen molar-refractivity contribution >= 4 is 11.4 Å². The van der Waals surface area contributed by atoms with Gasteiger partial charge in [-0.3, -0.25) is 0 Å². The third-order valence-corrected chi connectivity index (χ3v) is 2.13. The fourth-order valence-electron chi connectivity index (χ4n) is 1.31. The van der Waals surface area contributed by atoms with E-state index in [-0.39, 0.29) is 24.4 Å². The summed E-state index contributed by atoms with van der Waals surface area (Å²) in [5.41, 5.74) is 6.06. The molecule has 3 nitrogen and oxygen atoms in total. The summed E-state index contributed by atoms with van der Waals surface area (Å²) in [5, 5.41) is 2.81. The van der Waals surface area contributed by atoms with Crippen LogP contribution in [0.25, 0.3) is 0 Å². The highest BCUT2D eigenvalue weighted by molar-refractivity contribution is 5.67. The Morgan fingerprint density at radius 1 is 1.22 bits per heavy atom. The summed E-state index contributed by atoms with van der Waals surface area (Å²) in [5.74, 6) is 0. The molecule has 0 spiro atoms. The molecule has 0 fully saturated rings. The van der Waals surface area contributed by atoms with Gasteiger partial charge in [0, 0.05) is 12.1 Å². The second-order valence-electron chi connectivity index (χ2n) is 3.54. The lowest BCUT2D eigenvalue weighted by Gasteiger charge is -2.11. The van der Waals surface area contributed by atoms with Gasteiger partial charge >= 0.3 is 0 Å². The number of hydrogen-bond donors (Lipinski definition) is 2. The van der Waals surface area contributed by atoms with Crippen LogP contribution in [0.2, 0.25) is 0 Å². The third kappa shape index (κ3) is 4.79. The predicted molar refractivity (Wildman–Crippen MR) is 61.1 cm³/mol. The van der Waals surface area contributed by atoms with Gasteiger partial charge in [0.2, 0.25) is 0 Å². The Balaban J connectivity index is 2.39. The summed E-state index contributed by atoms with van der Waals surface area (Å²) >= 11 is 0. The lowest BCUT2D eigenvalue weighted by molar-refractivity contribution is 0.0215. The lowest BCUT2D eigenvalue weighted by atomic mass is 10.2. The minimum Gasteiger partial charge on any atom is -0.397 e. The Labute approximate surface area is 102 Å². The van der Waals surface area contributed by atoms with Crippen molar-refractivity contribution in [3.05, 3.63) is 23.8 Å². The van der Waals surface area contributed by atoms with Crippen LogP contribution in [0.3, 0.4) is 0 Å². The van der Waals surface area contributed by atoms with Crippen LogP contribution in [-0.4, -0.2) is 26.2 Å². The molecule has 0 aliphatic carbocycles. The molecule has 0 amide bonds. The smallest absolute Gasteiger partial charge is 0.263 e. The van der Waals surface area contributed by atoms with Crippen LogP contribution in [0.15, 0.2) is 18.2 Å². The summed E-state index contributed by atoms with van der Waals surface area (Å²) in [6.45, 7) is -0.271. The number of nitrogens with one attached hydrogen (secondary N) is 1. The number of nitrogens with two attached hydrogens (primary N) is 1. The topological polar surface area (TPSA) is 47.3 Å². The molecular weight excluding hydrogens is 252 g/mol. The first-order chi connectivity index (χ1) is 8.50. The Morgan fingerprint density at radius 3 is 2.50 bits per heavy atom. The van der Waals surface area contributed by atoms with Crippen LogP contribution >= 0.6 is 0 Å². The average Bonchev–Trinajstić information content (AvgIpc) is 2.29. The molecule has 0 aliphatic rings. The van der Waals surface area contributed by atoms with Gasteiger partial charge in [-0.1, -0.05) is 6.07 Å². The standard InChI is InChI=1S/C11H14F4N2O/c12-10(13)6-18-4-3-17-9-2-1-7(11(14)15)5-8(9)16/h1-2,5,10-11,17H,3-4,6,16H2. The highest BCUT2D eigenvalue weighted by Crippen LogP contribution is 2.25. The van der Waals surface area contributed by atoms with Gasteiger partial charge in [-0.25, -0.2) is 17.6 Å². The Bertz CT molecular complexity index is 374. The molecule has 0 unspecified atom stereocenters. The first-order valence-corrected chi connectivity index (χ1v) is 5.28. The summed E-state index contributed by atoms with van der Waals surface area (Å²) in [4.78, 5) is 0. The Kier molecular flexibility index (Phi) is 5.70. The van der Waals surface area contributed by atoms with E-state index in [9.17, 15) is 17.6 Å². The molecule has 0 bridgehead atoms. The monoisotopic (exact) mass is 266 g/mol. The van der Waals surface area contributed by atoms with E-state index in [1.54, 1.807) is 0 Å². The normalized spacial score (nSPS) is 11.2. The van der Waals surface area contributed by atoms with E-state index in [0.717, 1.165) is 0 Å². The van der Waals surface area contributed by atoms with Crippen LogP contribution in [0.5, 0.6) is 0 Å². The van der Waals surface area contributed by atoms with Gasteiger partial charge in [0.25, 0.3) is 12.9 Å². The lowest BCUT2D eigenvalue weighted by Crippen LogP contribution is -2.13. The fourth-order valence-corrected chi connectivity index (χ4v) is 1.31. The zero-order valence-electron chi connectivity index (χ0n) is 9.51. The maximum Gasteiger partial charge on any atom is 0.263 e. The summed E-state index contributed by atoms with van der Waals surface area (Å²) in [7, 11) is 0. The molecule has 0 saturated heterocycles. The van der Waals surface area contributed by atoms with Crippen molar-refractivity contribution in [2.24, 2.45) is 0 Å². The van der Waals surface area contributed by atoms with Crippen molar-refractivity contribution in [2.45, 2.75) is 12.9 Å². The quantitative estimate of drug-likeness (QED) is 0.453. The van der Waals surface area contributed by atoms with Gasteiger partial charge in [-0.2, -0.15) is 0 Å². The minimum atomic E-state index is -2.57. The van der Waals surface area contributed by atoms with Gasteiger partial charge in [-0.15, -0.1) is 0 Å². The molecule has 1 aromatic carbocycles. The van der Waals surface area contributed by atoms with E-state index >= 15 is 0 Å². The van der Waals surface area contributed by atoms with Crippen LogP contribution in [0.4, 0.5) is 28.9 Å². The molecule has 0 radical (unpaired) electrons. The van der Waals surface area contributed by atoms with E-state index in [2.05, 4.69) is 10.1 Å². The van der Waals surface area contributed by atoms with Crippen LogP contribution < -0.4 is 11.1 Å². The van der Waals surface area contributed by atoms with Gasteiger partial charge in [0.05, 0.1) is 18.0 Å². The SMILES string of the molecule is Nc1cc(C(F)F)ccc1NCCOCC(F)F. The number of hydrogen-bond acceptors (Lipinski definition) is 3. The third-order valence-electron chi connectivity index (χ3n) is 2.13. The molecule has 0 aliphatic heterocycles. The van der Waals surface area contributed by atoms with E-state index in [1.807, 2.05) is 0 Å². The maximum atomic E-state index is 12.3. The van der Waals surface area contributed by atoms with Crippen molar-refractivity contribution in [2.75, 3.05) is 30.8 Å². The largest absolute Gasteiger partial charge is 0.397 e. The number of alkyl halides is 4. The molecule has 1 aromatic rings. The van der Waals surface area contributed by atoms with Crippen molar-refractivity contribution in [1.82, 2.24) is 0 Å². The van der Waals surface area contributed by atoms with E-state index < -0.39 is 19.5 Å². The van der Waals surface area contributed by atoms with Crippen molar-refractivity contribution < 1.29 is 22.3 Å². The molecule has 102 valence electrons. The number of anilines is 2.